The summed E-state index contributed by atoms with van der Waals surface area (Å²) in [6.45, 7) is 14.6. The van der Waals surface area contributed by atoms with E-state index in [2.05, 4.69) is 27.0 Å². The van der Waals surface area contributed by atoms with Crippen molar-refractivity contribution in [2.45, 2.75) is 141 Å². The smallest absolute Gasteiger partial charge is 0.333 e. The molecule has 0 radical (unpaired) electrons. The molecule has 8 bridgehead atoms. The van der Waals surface area contributed by atoms with E-state index in [4.69, 9.17) is 9.47 Å². The summed E-state index contributed by atoms with van der Waals surface area (Å²) in [5.74, 6) is 7.34. The van der Waals surface area contributed by atoms with Gasteiger partial charge in [-0.25, -0.2) is 9.59 Å². The molecule has 0 aromatic carbocycles. The van der Waals surface area contributed by atoms with Gasteiger partial charge in [0.1, 0.15) is 11.2 Å². The molecule has 0 aromatic rings. The Bertz CT molecular complexity index is 1190. The number of carbonyl (C=O) groups is 2. The maximum Gasteiger partial charge on any atom is 0.333 e. The molecule has 0 spiro atoms. The third-order valence-electron chi connectivity index (χ3n) is 16.2. The highest BCUT2D eigenvalue weighted by atomic mass is 16.6. The molecule has 4 heteroatoms. The van der Waals surface area contributed by atoms with Crippen LogP contribution >= 0.6 is 0 Å². The fourth-order valence-electron chi connectivity index (χ4n) is 15.3. The Kier molecular flexibility index (Phi) is 7.50. The van der Waals surface area contributed by atoms with E-state index in [9.17, 15) is 9.59 Å². The SMILES string of the molecule is C=CC(=O)OC1(C2CCC(C34CC5CC(C3)C(OC(=O)C(=C)C)(C3CCCC(C)C3)C(C5)C4)C(C)C2)C2CC3CC(C2)CC1C3. The summed E-state index contributed by atoms with van der Waals surface area (Å²) in [5, 5.41) is 0. The molecule has 7 unspecified atom stereocenters. The van der Waals surface area contributed by atoms with Crippen LogP contribution in [0.3, 0.4) is 0 Å². The summed E-state index contributed by atoms with van der Waals surface area (Å²) < 4.78 is 13.5. The van der Waals surface area contributed by atoms with Gasteiger partial charge in [0.25, 0.3) is 0 Å². The van der Waals surface area contributed by atoms with E-state index in [1.165, 1.54) is 115 Å². The molecule has 0 N–H and O–H groups in total. The second kappa shape index (κ2) is 11.0. The number of hydrogen-bond donors (Lipinski definition) is 0. The molecule has 4 nitrogen and oxygen atoms in total. The number of hydrogen-bond acceptors (Lipinski definition) is 4. The van der Waals surface area contributed by atoms with Crippen molar-refractivity contribution in [3.8, 4) is 0 Å². The van der Waals surface area contributed by atoms with Crippen LogP contribution in [0.4, 0.5) is 0 Å². The van der Waals surface area contributed by atoms with Crippen molar-refractivity contribution in [1.82, 2.24) is 0 Å². The number of carbonyl (C=O) groups excluding carboxylic acids is 2. The van der Waals surface area contributed by atoms with Crippen LogP contribution in [0.1, 0.15) is 130 Å². The van der Waals surface area contributed by atoms with E-state index in [0.29, 0.717) is 52.4 Å². The van der Waals surface area contributed by atoms with Crippen molar-refractivity contribution < 1.29 is 19.1 Å². The van der Waals surface area contributed by atoms with Gasteiger partial charge in [-0.3, -0.25) is 0 Å². The van der Waals surface area contributed by atoms with Gasteiger partial charge in [0.05, 0.1) is 0 Å². The number of ether oxygens (including phenoxy) is 2. The largest absolute Gasteiger partial charge is 0.455 e. The predicted molar refractivity (Wildman–Crippen MR) is 177 cm³/mol. The molecular formula is C41H60O4. The lowest BCUT2D eigenvalue weighted by Gasteiger charge is -2.69. The lowest BCUT2D eigenvalue weighted by molar-refractivity contribution is -0.262. The average molecular weight is 617 g/mol. The lowest BCUT2D eigenvalue weighted by atomic mass is 9.38. The van der Waals surface area contributed by atoms with Crippen molar-refractivity contribution in [3.05, 3.63) is 24.8 Å². The van der Waals surface area contributed by atoms with Crippen LogP contribution in [0, 0.1) is 76.4 Å². The first-order valence-corrected chi connectivity index (χ1v) is 19.3. The van der Waals surface area contributed by atoms with E-state index in [-0.39, 0.29) is 23.1 Å². The zero-order chi connectivity index (χ0) is 31.3. The van der Waals surface area contributed by atoms with Gasteiger partial charge >= 0.3 is 11.9 Å². The van der Waals surface area contributed by atoms with E-state index >= 15 is 0 Å². The molecule has 10 aliphatic carbocycles. The van der Waals surface area contributed by atoms with Crippen molar-refractivity contribution in [3.63, 3.8) is 0 Å². The first-order valence-electron chi connectivity index (χ1n) is 19.3. The van der Waals surface area contributed by atoms with Crippen molar-refractivity contribution >= 4 is 11.9 Å². The van der Waals surface area contributed by atoms with Crippen molar-refractivity contribution in [2.24, 2.45) is 76.4 Å². The topological polar surface area (TPSA) is 52.6 Å². The summed E-state index contributed by atoms with van der Waals surface area (Å²) in [5.41, 5.74) is 0.400. The Morgan fingerprint density at radius 1 is 0.667 bits per heavy atom. The highest BCUT2D eigenvalue weighted by Gasteiger charge is 2.69. The fraction of sp³-hybridized carbons (Fsp3) is 0.854. The van der Waals surface area contributed by atoms with Crippen LogP contribution in [0.5, 0.6) is 0 Å². The zero-order valence-corrected chi connectivity index (χ0v) is 28.6. The van der Waals surface area contributed by atoms with E-state index in [1.54, 1.807) is 0 Å². The number of rotatable bonds is 7. The van der Waals surface area contributed by atoms with Gasteiger partial charge in [-0.15, -0.1) is 0 Å². The lowest BCUT2D eigenvalue weighted by Crippen LogP contribution is -2.68. The Hall–Kier alpha value is -1.58. The van der Waals surface area contributed by atoms with E-state index < -0.39 is 0 Å². The molecule has 7 atom stereocenters. The molecule has 0 amide bonds. The van der Waals surface area contributed by atoms with Crippen LogP contribution in [0.15, 0.2) is 24.8 Å². The first kappa shape index (κ1) is 30.7. The second-order valence-electron chi connectivity index (χ2n) is 18.6. The summed E-state index contributed by atoms with van der Waals surface area (Å²) in [6.07, 6.45) is 23.0. The third-order valence-corrected chi connectivity index (χ3v) is 16.2. The highest BCUT2D eigenvalue weighted by Crippen LogP contribution is 2.72. The van der Waals surface area contributed by atoms with Crippen LogP contribution in [-0.4, -0.2) is 23.1 Å². The van der Waals surface area contributed by atoms with Crippen LogP contribution < -0.4 is 0 Å². The van der Waals surface area contributed by atoms with Gasteiger partial charge in [0.15, 0.2) is 0 Å². The second-order valence-corrected chi connectivity index (χ2v) is 18.6. The van der Waals surface area contributed by atoms with Gasteiger partial charge in [0, 0.05) is 23.5 Å². The summed E-state index contributed by atoms with van der Waals surface area (Å²) in [6, 6.07) is 0. The van der Waals surface area contributed by atoms with Crippen LogP contribution in [0.25, 0.3) is 0 Å². The molecule has 0 aromatic heterocycles. The molecule has 10 fully saturated rings. The van der Waals surface area contributed by atoms with Crippen molar-refractivity contribution in [1.29, 1.82) is 0 Å². The third kappa shape index (κ3) is 4.62. The molecule has 45 heavy (non-hydrogen) atoms. The minimum Gasteiger partial charge on any atom is -0.455 e. The molecule has 0 heterocycles. The Labute approximate surface area is 272 Å². The summed E-state index contributed by atoms with van der Waals surface area (Å²) in [7, 11) is 0. The predicted octanol–water partition coefficient (Wildman–Crippen LogP) is 9.47. The Morgan fingerprint density at radius 2 is 1.27 bits per heavy atom. The first-order chi connectivity index (χ1) is 21.6. The summed E-state index contributed by atoms with van der Waals surface area (Å²) in [4.78, 5) is 26.3. The maximum absolute atomic E-state index is 13.4. The number of esters is 2. The van der Waals surface area contributed by atoms with Crippen LogP contribution in [-0.2, 0) is 19.1 Å². The van der Waals surface area contributed by atoms with Crippen LogP contribution in [0.2, 0.25) is 0 Å². The normalized spacial score (nSPS) is 52.8. The van der Waals surface area contributed by atoms with Gasteiger partial charge in [-0.05, 0) is 168 Å². The molecule has 10 saturated carbocycles. The molecule has 10 aliphatic rings. The maximum atomic E-state index is 13.4. The quantitative estimate of drug-likeness (QED) is 0.211. The fourth-order valence-corrected chi connectivity index (χ4v) is 15.3. The average Bonchev–Trinajstić information content (AvgIpc) is 2.99. The molecule has 248 valence electrons. The molecular weight excluding hydrogens is 556 g/mol. The van der Waals surface area contributed by atoms with E-state index in [0.717, 1.165) is 29.6 Å². The van der Waals surface area contributed by atoms with E-state index in [1.807, 2.05) is 6.92 Å². The van der Waals surface area contributed by atoms with Gasteiger partial charge in [0.2, 0.25) is 0 Å². The minimum absolute atomic E-state index is 0.140. The van der Waals surface area contributed by atoms with Gasteiger partial charge < -0.3 is 9.47 Å². The highest BCUT2D eigenvalue weighted by molar-refractivity contribution is 5.87. The van der Waals surface area contributed by atoms with Crippen molar-refractivity contribution in [2.75, 3.05) is 0 Å². The standard InChI is InChI=1S/C41H60O4/c1-6-37(42)44-40(32-15-27-14-28(17-32)18-33(40)16-27)31-10-11-36(26(5)13-31)39-21-29-19-34(22-39)41(35(20-29)23-39,45-38(43)24(2)3)30-9-7-8-25(4)12-30/h6,25-36H,1-2,7-23H2,3-5H3. The molecule has 0 saturated heterocycles. The molecule has 10 rings (SSSR count). The monoisotopic (exact) mass is 616 g/mol. The zero-order valence-electron chi connectivity index (χ0n) is 28.6. The van der Waals surface area contributed by atoms with Gasteiger partial charge in [-0.1, -0.05) is 39.8 Å². The summed E-state index contributed by atoms with van der Waals surface area (Å²) >= 11 is 0. The minimum atomic E-state index is -0.283. The Morgan fingerprint density at radius 3 is 1.84 bits per heavy atom. The molecule has 0 aliphatic heterocycles. The van der Waals surface area contributed by atoms with Gasteiger partial charge in [-0.2, -0.15) is 0 Å². The Balaban J connectivity index is 1.06.